The minimum Gasteiger partial charge on any atom is -0.444 e. The number of aromatic nitrogens is 2. The lowest BCUT2D eigenvalue weighted by atomic mass is 10.1. The highest BCUT2D eigenvalue weighted by atomic mass is 16.6. The van der Waals surface area contributed by atoms with Gasteiger partial charge in [0, 0.05) is 24.2 Å². The molecule has 1 aliphatic rings. The van der Waals surface area contributed by atoms with Crippen LogP contribution in [-0.2, 0) is 4.74 Å². The number of hydrogen-bond acceptors (Lipinski definition) is 3. The van der Waals surface area contributed by atoms with Crippen LogP contribution in [0.2, 0.25) is 0 Å². The summed E-state index contributed by atoms with van der Waals surface area (Å²) in [4.78, 5) is 22.6. The molecule has 0 aliphatic carbocycles. The summed E-state index contributed by atoms with van der Waals surface area (Å²) < 4.78 is 5.49. The first-order valence-corrected chi connectivity index (χ1v) is 11.3. The van der Waals surface area contributed by atoms with Gasteiger partial charge < -0.3 is 14.6 Å². The van der Waals surface area contributed by atoms with Crippen molar-refractivity contribution in [3.8, 4) is 22.5 Å². The molecule has 0 radical (unpaired) electrons. The Hall–Kier alpha value is -3.34. The first-order valence-electron chi connectivity index (χ1n) is 11.3. The van der Waals surface area contributed by atoms with Crippen LogP contribution in [0.1, 0.15) is 46.9 Å². The first-order chi connectivity index (χ1) is 15.4. The summed E-state index contributed by atoms with van der Waals surface area (Å²) >= 11 is 0. The third-order valence-corrected chi connectivity index (χ3v) is 4.98. The maximum absolute atomic E-state index is 12.3. The van der Waals surface area contributed by atoms with E-state index in [1.165, 1.54) is 0 Å². The Labute approximate surface area is 191 Å². The van der Waals surface area contributed by atoms with Crippen molar-refractivity contribution in [1.29, 1.82) is 0 Å². The zero-order valence-electron chi connectivity index (χ0n) is 19.7. The molecule has 1 aromatic heterocycles. The minimum absolute atomic E-state index is 0.271. The van der Waals surface area contributed by atoms with E-state index in [4.69, 9.17) is 9.72 Å². The number of rotatable bonds is 3. The van der Waals surface area contributed by atoms with Crippen LogP contribution in [-0.4, -0.2) is 39.7 Å². The summed E-state index contributed by atoms with van der Waals surface area (Å²) in [5.41, 5.74) is 4.75. The second-order valence-corrected chi connectivity index (χ2v) is 8.45. The molecule has 5 nitrogen and oxygen atoms in total. The van der Waals surface area contributed by atoms with Gasteiger partial charge in [0.2, 0.25) is 0 Å². The van der Waals surface area contributed by atoms with Gasteiger partial charge >= 0.3 is 6.09 Å². The van der Waals surface area contributed by atoms with E-state index in [2.05, 4.69) is 35.3 Å². The fraction of sp³-hybridized carbons (Fsp3) is 0.333. The molecule has 0 fully saturated rings. The summed E-state index contributed by atoms with van der Waals surface area (Å²) in [7, 11) is 0. The van der Waals surface area contributed by atoms with Crippen LogP contribution in [0.5, 0.6) is 0 Å². The van der Waals surface area contributed by atoms with Crippen LogP contribution in [0.25, 0.3) is 28.1 Å². The average molecular weight is 432 g/mol. The molecular formula is C27H33N3O2. The molecule has 1 aliphatic heterocycles. The molecule has 32 heavy (non-hydrogen) atoms. The van der Waals surface area contributed by atoms with Crippen LogP contribution in [0, 0.1) is 0 Å². The van der Waals surface area contributed by atoms with Gasteiger partial charge in [-0.1, -0.05) is 80.6 Å². The van der Waals surface area contributed by atoms with Crippen molar-refractivity contribution in [2.45, 2.75) is 46.6 Å². The van der Waals surface area contributed by atoms with Gasteiger partial charge in [0.15, 0.2) is 0 Å². The van der Waals surface area contributed by atoms with Gasteiger partial charge in [-0.25, -0.2) is 9.78 Å². The van der Waals surface area contributed by atoms with Crippen molar-refractivity contribution >= 4 is 11.7 Å². The third-order valence-electron chi connectivity index (χ3n) is 4.98. The van der Waals surface area contributed by atoms with Crippen LogP contribution in [0.3, 0.4) is 0 Å². The number of imidazole rings is 1. The van der Waals surface area contributed by atoms with E-state index in [1.807, 2.05) is 71.0 Å². The average Bonchev–Trinajstić information content (AvgIpc) is 3.26. The Morgan fingerprint density at radius 2 is 1.56 bits per heavy atom. The van der Waals surface area contributed by atoms with Crippen molar-refractivity contribution in [3.05, 3.63) is 72.6 Å². The fourth-order valence-electron chi connectivity index (χ4n) is 3.52. The zero-order valence-corrected chi connectivity index (χ0v) is 19.7. The molecule has 1 N–H and O–H groups in total. The number of ether oxygens (including phenoxy) is 1. The van der Waals surface area contributed by atoms with Gasteiger partial charge in [0.05, 0.1) is 11.4 Å². The van der Waals surface area contributed by atoms with Gasteiger partial charge in [0.1, 0.15) is 11.4 Å². The summed E-state index contributed by atoms with van der Waals surface area (Å²) in [5, 5.41) is 0. The van der Waals surface area contributed by atoms with Crippen molar-refractivity contribution < 1.29 is 9.53 Å². The molecule has 1 amide bonds. The van der Waals surface area contributed by atoms with Gasteiger partial charge in [-0.3, -0.25) is 0 Å². The molecule has 0 saturated heterocycles. The zero-order chi connectivity index (χ0) is 23.1. The number of aromatic amines is 1. The van der Waals surface area contributed by atoms with Crippen LogP contribution in [0.4, 0.5) is 4.79 Å². The van der Waals surface area contributed by atoms with Gasteiger partial charge in [-0.15, -0.1) is 0 Å². The maximum atomic E-state index is 12.3. The number of amides is 1. The molecule has 2 aromatic carbocycles. The van der Waals surface area contributed by atoms with E-state index >= 15 is 0 Å². The highest BCUT2D eigenvalue weighted by Crippen LogP contribution is 2.33. The predicted octanol–water partition coefficient (Wildman–Crippen LogP) is 6.79. The standard InChI is InChI=1S/C25H27N3O2.C2H6/c1-25(2,3)30-24(29)28-16-14-20(15-17-28)23-26-21(18-10-6-4-7-11-18)22(27-23)19-12-8-5-9-13-19;1-2/h4-14H,15-17H2,1-3H3,(H,26,27);1-2H3. The molecule has 2 heterocycles. The largest absolute Gasteiger partial charge is 0.444 e. The van der Waals surface area contributed by atoms with E-state index in [1.54, 1.807) is 4.90 Å². The Morgan fingerprint density at radius 1 is 0.969 bits per heavy atom. The van der Waals surface area contributed by atoms with Gasteiger partial charge in [0.25, 0.3) is 0 Å². The van der Waals surface area contributed by atoms with Crippen molar-refractivity contribution in [1.82, 2.24) is 14.9 Å². The van der Waals surface area contributed by atoms with Crippen molar-refractivity contribution in [2.75, 3.05) is 13.1 Å². The van der Waals surface area contributed by atoms with Crippen molar-refractivity contribution in [3.63, 3.8) is 0 Å². The highest BCUT2D eigenvalue weighted by Gasteiger charge is 2.25. The quantitative estimate of drug-likeness (QED) is 0.496. The molecule has 0 spiro atoms. The van der Waals surface area contributed by atoms with Crippen LogP contribution >= 0.6 is 0 Å². The summed E-state index contributed by atoms with van der Waals surface area (Å²) in [5.74, 6) is 0.858. The lowest BCUT2D eigenvalue weighted by Gasteiger charge is -2.29. The summed E-state index contributed by atoms with van der Waals surface area (Å²) in [6.07, 6.45) is 2.53. The number of hydrogen-bond donors (Lipinski definition) is 1. The SMILES string of the molecule is CC.CC(C)(C)OC(=O)N1CC=C(c2nc(-c3ccccc3)c(-c3ccccc3)[nH]2)CC1. The van der Waals surface area contributed by atoms with Gasteiger partial charge in [-0.2, -0.15) is 0 Å². The number of nitrogens with one attached hydrogen (secondary N) is 1. The Balaban J connectivity index is 0.00000141. The van der Waals surface area contributed by atoms with Crippen molar-refractivity contribution in [2.24, 2.45) is 0 Å². The minimum atomic E-state index is -0.489. The molecule has 168 valence electrons. The Bertz CT molecular complexity index is 991. The van der Waals surface area contributed by atoms with E-state index in [0.29, 0.717) is 13.1 Å². The third kappa shape index (κ3) is 5.67. The molecule has 0 saturated carbocycles. The Morgan fingerprint density at radius 3 is 2.09 bits per heavy atom. The Kier molecular flexibility index (Phi) is 7.52. The predicted molar refractivity (Wildman–Crippen MR) is 131 cm³/mol. The number of benzene rings is 2. The molecular weight excluding hydrogens is 398 g/mol. The molecule has 5 heteroatoms. The summed E-state index contributed by atoms with van der Waals surface area (Å²) in [6, 6.07) is 20.5. The first kappa shape index (κ1) is 23.3. The fourth-order valence-corrected chi connectivity index (χ4v) is 3.52. The van der Waals surface area contributed by atoms with E-state index in [9.17, 15) is 4.79 Å². The monoisotopic (exact) mass is 431 g/mol. The number of carbonyl (C=O) groups is 1. The normalized spacial score (nSPS) is 13.7. The van der Waals surface area contributed by atoms with E-state index in [0.717, 1.165) is 40.3 Å². The molecule has 0 bridgehead atoms. The second-order valence-electron chi connectivity index (χ2n) is 8.45. The van der Waals surface area contributed by atoms with E-state index < -0.39 is 5.60 Å². The molecule has 3 aromatic rings. The maximum Gasteiger partial charge on any atom is 0.410 e. The smallest absolute Gasteiger partial charge is 0.410 e. The van der Waals surface area contributed by atoms with Crippen LogP contribution in [0.15, 0.2) is 66.7 Å². The van der Waals surface area contributed by atoms with Gasteiger partial charge in [-0.05, 0) is 32.8 Å². The number of nitrogens with zero attached hydrogens (tertiary/aromatic N) is 2. The molecule has 0 atom stereocenters. The lowest BCUT2D eigenvalue weighted by Crippen LogP contribution is -2.39. The molecule has 0 unspecified atom stereocenters. The van der Waals surface area contributed by atoms with E-state index in [-0.39, 0.29) is 6.09 Å². The highest BCUT2D eigenvalue weighted by molar-refractivity contribution is 5.81. The summed E-state index contributed by atoms with van der Waals surface area (Å²) in [6.45, 7) is 10.8. The van der Waals surface area contributed by atoms with Crippen LogP contribution < -0.4 is 0 Å². The second kappa shape index (κ2) is 10.3. The number of H-pyrrole nitrogens is 1. The topological polar surface area (TPSA) is 58.2 Å². The number of carbonyl (C=O) groups excluding carboxylic acids is 1. The lowest BCUT2D eigenvalue weighted by molar-refractivity contribution is 0.0270. The molecule has 4 rings (SSSR count).